The second-order valence-electron chi connectivity index (χ2n) is 9.07. The van der Waals surface area contributed by atoms with Gasteiger partial charge in [0.2, 0.25) is 0 Å². The Bertz CT molecular complexity index is 1070. The Morgan fingerprint density at radius 3 is 2.53 bits per heavy atom. The highest BCUT2D eigenvalue weighted by atomic mass is 32.1. The number of carbonyl (C=O) groups is 1. The van der Waals surface area contributed by atoms with Crippen molar-refractivity contribution < 1.29 is 14.3 Å². The third-order valence-electron chi connectivity index (χ3n) is 5.80. The molecular weight excluding hydrogens is 422 g/mol. The maximum atomic E-state index is 13.6. The zero-order chi connectivity index (χ0) is 22.7. The van der Waals surface area contributed by atoms with Gasteiger partial charge in [0.15, 0.2) is 5.13 Å². The largest absolute Gasteiger partial charge is 0.497 e. The quantitative estimate of drug-likeness (QED) is 0.547. The fourth-order valence-corrected chi connectivity index (χ4v) is 4.73. The Hall–Kier alpha value is -2.48. The number of hydrogen-bond acceptors (Lipinski definition) is 6. The number of morpholine rings is 1. The van der Waals surface area contributed by atoms with Gasteiger partial charge in [0.05, 0.1) is 30.5 Å². The van der Waals surface area contributed by atoms with Gasteiger partial charge in [0, 0.05) is 37.8 Å². The van der Waals surface area contributed by atoms with Crippen LogP contribution in [0.4, 0.5) is 5.13 Å². The lowest BCUT2D eigenvalue weighted by atomic mass is 9.86. The highest BCUT2D eigenvalue weighted by Gasteiger charge is 2.24. The molecule has 1 aliphatic heterocycles. The van der Waals surface area contributed by atoms with Crippen LogP contribution in [0.3, 0.4) is 0 Å². The average molecular weight is 454 g/mol. The summed E-state index contributed by atoms with van der Waals surface area (Å²) in [5, 5.41) is 0.714. The summed E-state index contributed by atoms with van der Waals surface area (Å²) in [5.74, 6) is 0.739. The number of benzene rings is 2. The minimum absolute atomic E-state index is 0.0234. The lowest BCUT2D eigenvalue weighted by Gasteiger charge is -2.29. The van der Waals surface area contributed by atoms with Crippen molar-refractivity contribution in [2.24, 2.45) is 0 Å². The highest BCUT2D eigenvalue weighted by molar-refractivity contribution is 7.22. The van der Waals surface area contributed by atoms with Crippen LogP contribution in [0, 0.1) is 0 Å². The molecule has 6 nitrogen and oxygen atoms in total. The predicted octanol–water partition coefficient (Wildman–Crippen LogP) is 4.58. The van der Waals surface area contributed by atoms with E-state index in [9.17, 15) is 4.79 Å². The van der Waals surface area contributed by atoms with Crippen LogP contribution in [0.15, 0.2) is 42.5 Å². The van der Waals surface area contributed by atoms with Crippen molar-refractivity contribution >= 4 is 32.6 Å². The van der Waals surface area contributed by atoms with E-state index in [0.717, 1.165) is 48.8 Å². The fourth-order valence-electron chi connectivity index (χ4n) is 3.76. The first-order valence-electron chi connectivity index (χ1n) is 11.0. The molecule has 0 radical (unpaired) electrons. The molecule has 1 aromatic heterocycles. The van der Waals surface area contributed by atoms with Crippen molar-refractivity contribution in [3.05, 3.63) is 53.6 Å². The standard InChI is InChI=1S/C25H31N3O3S/c1-25(2,3)19-7-5-18(6-8-19)23(29)28(12-11-27-13-15-31-16-14-27)24-26-21-17-20(30-4)9-10-22(21)32-24/h5-10,17H,11-16H2,1-4H3. The van der Waals surface area contributed by atoms with Gasteiger partial charge in [-0.15, -0.1) is 0 Å². The molecule has 4 rings (SSSR count). The fraction of sp³-hybridized carbons (Fsp3) is 0.440. The first-order valence-corrected chi connectivity index (χ1v) is 11.8. The van der Waals surface area contributed by atoms with Crippen molar-refractivity contribution in [3.63, 3.8) is 0 Å². The molecule has 1 aliphatic rings. The Morgan fingerprint density at radius 2 is 1.88 bits per heavy atom. The maximum Gasteiger partial charge on any atom is 0.260 e. The molecule has 0 aliphatic carbocycles. The maximum absolute atomic E-state index is 13.6. The normalized spacial score (nSPS) is 15.1. The SMILES string of the molecule is COc1ccc2sc(N(CCN3CCOCC3)C(=O)c3ccc(C(C)(C)C)cc3)nc2c1. The van der Waals surface area contributed by atoms with Crippen LogP contribution in [0.5, 0.6) is 5.75 Å². The van der Waals surface area contributed by atoms with E-state index >= 15 is 0 Å². The number of thiazole rings is 1. The van der Waals surface area contributed by atoms with E-state index in [0.29, 0.717) is 17.2 Å². The molecule has 0 saturated carbocycles. The van der Waals surface area contributed by atoms with E-state index in [1.165, 1.54) is 16.9 Å². The molecule has 0 spiro atoms. The summed E-state index contributed by atoms with van der Waals surface area (Å²) in [6, 6.07) is 13.8. The zero-order valence-corrected chi connectivity index (χ0v) is 20.1. The second kappa shape index (κ2) is 9.57. The molecule has 0 unspecified atom stereocenters. The first kappa shape index (κ1) is 22.7. The summed E-state index contributed by atoms with van der Waals surface area (Å²) in [5.41, 5.74) is 2.78. The number of hydrogen-bond donors (Lipinski definition) is 0. The Morgan fingerprint density at radius 1 is 1.16 bits per heavy atom. The molecule has 0 atom stereocenters. The monoisotopic (exact) mass is 453 g/mol. The van der Waals surface area contributed by atoms with Crippen LogP contribution in [0.25, 0.3) is 10.2 Å². The highest BCUT2D eigenvalue weighted by Crippen LogP contribution is 2.32. The number of carbonyl (C=O) groups excluding carboxylic acids is 1. The van der Waals surface area contributed by atoms with Gasteiger partial charge >= 0.3 is 0 Å². The van der Waals surface area contributed by atoms with E-state index in [1.807, 2.05) is 35.2 Å². The van der Waals surface area contributed by atoms with E-state index in [-0.39, 0.29) is 11.3 Å². The number of rotatable bonds is 6. The van der Waals surface area contributed by atoms with E-state index in [1.54, 1.807) is 7.11 Å². The third kappa shape index (κ3) is 5.11. The Labute approximate surface area is 193 Å². The van der Waals surface area contributed by atoms with Gasteiger partial charge in [-0.1, -0.05) is 44.2 Å². The number of ether oxygens (including phenoxy) is 2. The molecule has 7 heteroatoms. The van der Waals surface area contributed by atoms with Crippen molar-refractivity contribution in [1.82, 2.24) is 9.88 Å². The van der Waals surface area contributed by atoms with Crippen LogP contribution in [-0.4, -0.2) is 62.3 Å². The van der Waals surface area contributed by atoms with Crippen molar-refractivity contribution in [3.8, 4) is 5.75 Å². The lowest BCUT2D eigenvalue weighted by Crippen LogP contribution is -2.43. The number of anilines is 1. The number of aromatic nitrogens is 1. The summed E-state index contributed by atoms with van der Waals surface area (Å²) < 4.78 is 11.8. The van der Waals surface area contributed by atoms with Gasteiger partial charge in [-0.2, -0.15) is 0 Å². The Kier molecular flexibility index (Phi) is 6.79. The molecule has 170 valence electrons. The van der Waals surface area contributed by atoms with Crippen LogP contribution in [-0.2, 0) is 10.2 Å². The van der Waals surface area contributed by atoms with Gasteiger partial charge in [-0.05, 0) is 35.2 Å². The van der Waals surface area contributed by atoms with Crippen LogP contribution < -0.4 is 9.64 Å². The number of nitrogens with zero attached hydrogens (tertiary/aromatic N) is 3. The molecule has 2 heterocycles. The smallest absolute Gasteiger partial charge is 0.260 e. The summed E-state index contributed by atoms with van der Waals surface area (Å²) in [6.07, 6.45) is 0. The summed E-state index contributed by atoms with van der Waals surface area (Å²) in [6.45, 7) is 11.1. The molecule has 1 fully saturated rings. The lowest BCUT2D eigenvalue weighted by molar-refractivity contribution is 0.0391. The molecule has 3 aromatic rings. The molecule has 2 aromatic carbocycles. The first-order chi connectivity index (χ1) is 15.3. The van der Waals surface area contributed by atoms with Crippen LogP contribution in [0.1, 0.15) is 36.7 Å². The van der Waals surface area contributed by atoms with Gasteiger partial charge < -0.3 is 9.47 Å². The topological polar surface area (TPSA) is 54.9 Å². The molecule has 0 bridgehead atoms. The number of amides is 1. The Balaban J connectivity index is 1.62. The summed E-state index contributed by atoms with van der Waals surface area (Å²) in [7, 11) is 1.65. The number of methoxy groups -OCH3 is 1. The van der Waals surface area contributed by atoms with Gasteiger partial charge in [-0.3, -0.25) is 14.6 Å². The van der Waals surface area contributed by atoms with E-state index in [2.05, 4.69) is 37.8 Å². The van der Waals surface area contributed by atoms with Gasteiger partial charge in [0.25, 0.3) is 5.91 Å². The van der Waals surface area contributed by atoms with E-state index in [4.69, 9.17) is 14.5 Å². The number of fused-ring (bicyclic) bond motifs is 1. The summed E-state index contributed by atoms with van der Waals surface area (Å²) in [4.78, 5) is 22.5. The molecule has 1 saturated heterocycles. The molecule has 32 heavy (non-hydrogen) atoms. The van der Waals surface area contributed by atoms with Crippen LogP contribution in [0.2, 0.25) is 0 Å². The van der Waals surface area contributed by atoms with Crippen molar-refractivity contribution in [1.29, 1.82) is 0 Å². The molecule has 1 amide bonds. The third-order valence-corrected chi connectivity index (χ3v) is 6.86. The average Bonchev–Trinajstić information content (AvgIpc) is 3.22. The molecule has 0 N–H and O–H groups in total. The second-order valence-corrected chi connectivity index (χ2v) is 10.1. The van der Waals surface area contributed by atoms with Gasteiger partial charge in [-0.25, -0.2) is 4.98 Å². The van der Waals surface area contributed by atoms with Crippen LogP contribution >= 0.6 is 11.3 Å². The molecular formula is C25H31N3O3S. The van der Waals surface area contributed by atoms with Crippen molar-refractivity contribution in [2.45, 2.75) is 26.2 Å². The zero-order valence-electron chi connectivity index (χ0n) is 19.3. The van der Waals surface area contributed by atoms with Gasteiger partial charge in [0.1, 0.15) is 5.75 Å². The minimum atomic E-state index is -0.0234. The predicted molar refractivity (Wildman–Crippen MR) is 130 cm³/mol. The minimum Gasteiger partial charge on any atom is -0.497 e. The van der Waals surface area contributed by atoms with Crippen molar-refractivity contribution in [2.75, 3.05) is 51.4 Å². The van der Waals surface area contributed by atoms with E-state index < -0.39 is 0 Å². The summed E-state index contributed by atoms with van der Waals surface area (Å²) >= 11 is 1.54.